The fraction of sp³-hybridized carbons (Fsp3) is 0.412. The molecule has 128 valence electrons. The van der Waals surface area contributed by atoms with E-state index < -0.39 is 24.0 Å². The lowest BCUT2D eigenvalue weighted by Crippen LogP contribution is -2.50. The van der Waals surface area contributed by atoms with Gasteiger partial charge in [-0.05, 0) is 31.0 Å². The summed E-state index contributed by atoms with van der Waals surface area (Å²) in [6.07, 6.45) is 0. The van der Waals surface area contributed by atoms with E-state index >= 15 is 0 Å². The van der Waals surface area contributed by atoms with Gasteiger partial charge in [0, 0.05) is 12.6 Å². The second-order valence-electron chi connectivity index (χ2n) is 5.86. The number of carbonyl (C=O) groups excluding carboxylic acids is 3. The topological polar surface area (TPSA) is 108 Å². The van der Waals surface area contributed by atoms with Gasteiger partial charge in [0.15, 0.2) is 6.61 Å². The number of esters is 1. The zero-order valence-corrected chi connectivity index (χ0v) is 14.2. The number of rotatable bonds is 6. The van der Waals surface area contributed by atoms with E-state index in [1.807, 2.05) is 19.9 Å². The fourth-order valence-electron chi connectivity index (χ4n) is 1.77. The van der Waals surface area contributed by atoms with Gasteiger partial charge in [-0.1, -0.05) is 19.9 Å². The van der Waals surface area contributed by atoms with Crippen LogP contribution in [0, 0.1) is 17.2 Å². The average Bonchev–Trinajstić information content (AvgIpc) is 2.51. The first kappa shape index (κ1) is 19.2. The largest absolute Gasteiger partial charge is 0.452 e. The van der Waals surface area contributed by atoms with Crippen molar-refractivity contribution in [2.75, 3.05) is 11.9 Å². The van der Waals surface area contributed by atoms with Gasteiger partial charge in [0.2, 0.25) is 5.91 Å². The summed E-state index contributed by atoms with van der Waals surface area (Å²) < 4.78 is 4.95. The minimum absolute atomic E-state index is 0.100. The van der Waals surface area contributed by atoms with Crippen molar-refractivity contribution in [2.24, 2.45) is 5.92 Å². The maximum Gasteiger partial charge on any atom is 0.338 e. The van der Waals surface area contributed by atoms with Crippen LogP contribution in [0.1, 0.15) is 38.1 Å². The summed E-state index contributed by atoms with van der Waals surface area (Å²) in [5, 5.41) is 14.3. The maximum absolute atomic E-state index is 12.0. The second kappa shape index (κ2) is 8.11. The zero-order valence-electron chi connectivity index (χ0n) is 14.2. The summed E-state index contributed by atoms with van der Waals surface area (Å²) in [7, 11) is 0. The van der Waals surface area contributed by atoms with E-state index in [9.17, 15) is 14.4 Å². The molecule has 0 aromatic heterocycles. The summed E-state index contributed by atoms with van der Waals surface area (Å²) in [6, 6.07) is 8.23. The molecule has 2 N–H and O–H groups in total. The number of nitrogens with zero attached hydrogens (tertiary/aromatic N) is 1. The fourth-order valence-corrected chi connectivity index (χ4v) is 1.77. The van der Waals surface area contributed by atoms with Crippen LogP contribution in [0.15, 0.2) is 24.3 Å². The van der Waals surface area contributed by atoms with E-state index in [1.165, 1.54) is 19.1 Å². The Morgan fingerprint density at radius 3 is 2.54 bits per heavy atom. The van der Waals surface area contributed by atoms with Crippen molar-refractivity contribution in [3.05, 3.63) is 29.8 Å². The van der Waals surface area contributed by atoms with Crippen molar-refractivity contribution in [3.63, 3.8) is 0 Å². The van der Waals surface area contributed by atoms with Crippen LogP contribution >= 0.6 is 0 Å². The molecule has 1 aromatic rings. The van der Waals surface area contributed by atoms with Crippen molar-refractivity contribution in [3.8, 4) is 6.07 Å². The number of nitriles is 1. The molecule has 24 heavy (non-hydrogen) atoms. The van der Waals surface area contributed by atoms with Crippen LogP contribution in [0.25, 0.3) is 0 Å². The normalized spacial score (nSPS) is 12.7. The minimum atomic E-state index is -1.03. The van der Waals surface area contributed by atoms with E-state index in [1.54, 1.807) is 19.1 Å². The molecule has 1 atom stereocenters. The molecule has 1 aromatic carbocycles. The van der Waals surface area contributed by atoms with Gasteiger partial charge >= 0.3 is 5.97 Å². The van der Waals surface area contributed by atoms with Gasteiger partial charge in [-0.2, -0.15) is 5.26 Å². The molecule has 7 heteroatoms. The Labute approximate surface area is 141 Å². The molecule has 0 bridgehead atoms. The third-order valence-corrected chi connectivity index (χ3v) is 3.54. The lowest BCUT2D eigenvalue weighted by Gasteiger charge is -2.27. The van der Waals surface area contributed by atoms with Crippen LogP contribution in [-0.4, -0.2) is 29.9 Å². The van der Waals surface area contributed by atoms with E-state index in [2.05, 4.69) is 10.6 Å². The lowest BCUT2D eigenvalue weighted by molar-refractivity contribution is -0.125. The molecule has 0 aliphatic carbocycles. The number of carbonyl (C=O) groups is 3. The van der Waals surface area contributed by atoms with Crippen LogP contribution in [0.3, 0.4) is 0 Å². The molecule has 1 rings (SSSR count). The summed E-state index contributed by atoms with van der Waals surface area (Å²) in [5.74, 6) is -1.61. The quantitative estimate of drug-likeness (QED) is 0.773. The van der Waals surface area contributed by atoms with Crippen molar-refractivity contribution in [1.29, 1.82) is 5.26 Å². The summed E-state index contributed by atoms with van der Waals surface area (Å²) in [4.78, 5) is 34.9. The van der Waals surface area contributed by atoms with Crippen molar-refractivity contribution in [2.45, 2.75) is 33.2 Å². The van der Waals surface area contributed by atoms with Crippen LogP contribution in [0.2, 0.25) is 0 Å². The van der Waals surface area contributed by atoms with E-state index in [4.69, 9.17) is 10.00 Å². The standard InChI is InChI=1S/C17H21N3O4/c1-11(2)17(4,10-18)20-15(22)9-24-16(23)13-6-5-7-14(8-13)19-12(3)21/h5-8,11H,9H2,1-4H3,(H,19,21)(H,20,22). The maximum atomic E-state index is 12.0. The summed E-state index contributed by atoms with van der Waals surface area (Å²) >= 11 is 0. The molecule has 0 spiro atoms. The molecule has 0 radical (unpaired) electrons. The SMILES string of the molecule is CC(=O)Nc1cccc(C(=O)OCC(=O)NC(C)(C#N)C(C)C)c1. The van der Waals surface area contributed by atoms with Gasteiger partial charge in [-0.15, -0.1) is 0 Å². The monoisotopic (exact) mass is 331 g/mol. The molecule has 7 nitrogen and oxygen atoms in total. The average molecular weight is 331 g/mol. The number of ether oxygens (including phenoxy) is 1. The molecule has 2 amide bonds. The molecular weight excluding hydrogens is 310 g/mol. The Hall–Kier alpha value is -2.88. The van der Waals surface area contributed by atoms with Crippen LogP contribution < -0.4 is 10.6 Å². The third-order valence-electron chi connectivity index (χ3n) is 3.54. The van der Waals surface area contributed by atoms with Crippen LogP contribution in [-0.2, 0) is 14.3 Å². The number of benzene rings is 1. The smallest absolute Gasteiger partial charge is 0.338 e. The zero-order chi connectivity index (χ0) is 18.3. The highest BCUT2D eigenvalue weighted by Crippen LogP contribution is 2.15. The first-order valence-corrected chi connectivity index (χ1v) is 7.45. The van der Waals surface area contributed by atoms with Gasteiger partial charge in [0.05, 0.1) is 11.6 Å². The molecule has 0 heterocycles. The molecule has 0 fully saturated rings. The van der Waals surface area contributed by atoms with Gasteiger partial charge in [0.1, 0.15) is 5.54 Å². The Bertz CT molecular complexity index is 679. The predicted octanol–water partition coefficient (Wildman–Crippen LogP) is 1.86. The van der Waals surface area contributed by atoms with Gasteiger partial charge < -0.3 is 15.4 Å². The van der Waals surface area contributed by atoms with Crippen LogP contribution in [0.4, 0.5) is 5.69 Å². The predicted molar refractivity (Wildman–Crippen MR) is 88.0 cm³/mol. The number of hydrogen-bond acceptors (Lipinski definition) is 5. The molecule has 1 unspecified atom stereocenters. The Morgan fingerprint density at radius 2 is 2.00 bits per heavy atom. The van der Waals surface area contributed by atoms with Crippen molar-refractivity contribution in [1.82, 2.24) is 5.32 Å². The molecule has 0 saturated carbocycles. The van der Waals surface area contributed by atoms with E-state index in [-0.39, 0.29) is 17.4 Å². The number of amides is 2. The highest BCUT2D eigenvalue weighted by atomic mass is 16.5. The lowest BCUT2D eigenvalue weighted by atomic mass is 9.90. The highest BCUT2D eigenvalue weighted by molar-refractivity contribution is 5.94. The van der Waals surface area contributed by atoms with Gasteiger partial charge in [-0.25, -0.2) is 4.79 Å². The Morgan fingerprint density at radius 1 is 1.33 bits per heavy atom. The molecular formula is C17H21N3O4. The van der Waals surface area contributed by atoms with Crippen LogP contribution in [0.5, 0.6) is 0 Å². The number of hydrogen-bond donors (Lipinski definition) is 2. The van der Waals surface area contributed by atoms with Gasteiger partial charge in [-0.3, -0.25) is 9.59 Å². The molecule has 0 saturated heterocycles. The Balaban J connectivity index is 2.65. The summed E-state index contributed by atoms with van der Waals surface area (Å²) in [5.41, 5.74) is -0.367. The third kappa shape index (κ3) is 5.39. The molecule has 0 aliphatic heterocycles. The first-order valence-electron chi connectivity index (χ1n) is 7.45. The molecule has 0 aliphatic rings. The van der Waals surface area contributed by atoms with Crippen molar-refractivity contribution >= 4 is 23.5 Å². The first-order chi connectivity index (χ1) is 11.2. The number of anilines is 1. The van der Waals surface area contributed by atoms with Crippen molar-refractivity contribution < 1.29 is 19.1 Å². The van der Waals surface area contributed by atoms with E-state index in [0.29, 0.717) is 5.69 Å². The van der Waals surface area contributed by atoms with E-state index in [0.717, 1.165) is 0 Å². The minimum Gasteiger partial charge on any atom is -0.452 e. The Kier molecular flexibility index (Phi) is 6.48. The highest BCUT2D eigenvalue weighted by Gasteiger charge is 2.30. The summed E-state index contributed by atoms with van der Waals surface area (Å²) in [6.45, 7) is 6.09. The number of nitrogens with one attached hydrogen (secondary N) is 2. The second-order valence-corrected chi connectivity index (χ2v) is 5.86. The van der Waals surface area contributed by atoms with Gasteiger partial charge in [0.25, 0.3) is 5.91 Å².